The molecule has 1 aromatic carbocycles. The second kappa shape index (κ2) is 5.30. The topological polar surface area (TPSA) is 64.6 Å². The molecule has 1 saturated carbocycles. The molecule has 1 aliphatic rings. The van der Waals surface area contributed by atoms with E-state index in [-0.39, 0.29) is 17.6 Å². The number of hydrogen-bond donors (Lipinski definition) is 1. The highest BCUT2D eigenvalue weighted by Crippen LogP contribution is 2.35. The molecule has 1 aliphatic carbocycles. The highest BCUT2D eigenvalue weighted by molar-refractivity contribution is 6.05. The number of carbonyl (C=O) groups is 2. The Morgan fingerprint density at radius 1 is 1.16 bits per heavy atom. The molecule has 1 amide bonds. The van der Waals surface area contributed by atoms with Crippen LogP contribution < -0.4 is 14.8 Å². The first-order chi connectivity index (χ1) is 9.06. The van der Waals surface area contributed by atoms with Crippen molar-refractivity contribution >= 4 is 17.4 Å². The second-order valence-corrected chi connectivity index (χ2v) is 4.57. The van der Waals surface area contributed by atoms with Crippen molar-refractivity contribution in [1.29, 1.82) is 0 Å². The highest BCUT2D eigenvalue weighted by Gasteiger charge is 2.30. The third-order valence-electron chi connectivity index (χ3n) is 3.11. The minimum absolute atomic E-state index is 0.0466. The Morgan fingerprint density at radius 3 is 2.21 bits per heavy atom. The van der Waals surface area contributed by atoms with Crippen molar-refractivity contribution in [2.45, 2.75) is 19.8 Å². The zero-order chi connectivity index (χ0) is 14.0. The Kier molecular flexibility index (Phi) is 3.74. The van der Waals surface area contributed by atoms with Gasteiger partial charge < -0.3 is 14.8 Å². The number of benzene rings is 1. The van der Waals surface area contributed by atoms with E-state index in [1.54, 1.807) is 12.1 Å². The van der Waals surface area contributed by atoms with Gasteiger partial charge in [0.25, 0.3) is 0 Å². The van der Waals surface area contributed by atoms with Crippen LogP contribution in [0.3, 0.4) is 0 Å². The summed E-state index contributed by atoms with van der Waals surface area (Å²) in [5.41, 5.74) is 0.897. The molecule has 0 heterocycles. The van der Waals surface area contributed by atoms with Gasteiger partial charge in [0.2, 0.25) is 5.91 Å². The van der Waals surface area contributed by atoms with Crippen LogP contribution in [0.5, 0.6) is 11.5 Å². The first kappa shape index (κ1) is 13.4. The molecule has 1 aromatic rings. The Bertz CT molecular complexity index is 520. The van der Waals surface area contributed by atoms with Crippen molar-refractivity contribution in [3.63, 3.8) is 0 Å². The van der Waals surface area contributed by atoms with Gasteiger partial charge in [0, 0.05) is 17.5 Å². The normalized spacial score (nSPS) is 13.8. The summed E-state index contributed by atoms with van der Waals surface area (Å²) in [5.74, 6) is 0.852. The molecule has 1 N–H and O–H groups in total. The molecule has 0 atom stereocenters. The molecule has 102 valence electrons. The number of carbonyl (C=O) groups excluding carboxylic acids is 2. The standard InChI is InChI=1S/C14H17NO4/c1-8(16)10-6-12(18-2)13(19-3)7-11(10)15-14(17)9-4-5-9/h6-7,9H,4-5H2,1-3H3,(H,15,17). The smallest absolute Gasteiger partial charge is 0.227 e. The SMILES string of the molecule is COc1cc(NC(=O)C2CC2)c(C(C)=O)cc1OC. The van der Waals surface area contributed by atoms with E-state index in [1.165, 1.54) is 21.1 Å². The summed E-state index contributed by atoms with van der Waals surface area (Å²) in [4.78, 5) is 23.5. The molecular formula is C14H17NO4. The maximum atomic E-state index is 11.8. The minimum atomic E-state index is -0.132. The Labute approximate surface area is 111 Å². The molecule has 2 rings (SSSR count). The number of ether oxygens (including phenoxy) is 2. The number of amides is 1. The quantitative estimate of drug-likeness (QED) is 0.827. The van der Waals surface area contributed by atoms with Crippen LogP contribution in [-0.4, -0.2) is 25.9 Å². The summed E-state index contributed by atoms with van der Waals surface area (Å²) in [5, 5.41) is 2.78. The van der Waals surface area contributed by atoms with Gasteiger partial charge in [0.05, 0.1) is 19.9 Å². The zero-order valence-electron chi connectivity index (χ0n) is 11.3. The van der Waals surface area contributed by atoms with E-state index in [0.717, 1.165) is 12.8 Å². The Morgan fingerprint density at radius 2 is 1.74 bits per heavy atom. The van der Waals surface area contributed by atoms with E-state index in [1.807, 2.05) is 0 Å². The van der Waals surface area contributed by atoms with Crippen LogP contribution in [0.2, 0.25) is 0 Å². The van der Waals surface area contributed by atoms with Gasteiger partial charge in [-0.1, -0.05) is 0 Å². The van der Waals surface area contributed by atoms with Gasteiger partial charge in [-0.3, -0.25) is 9.59 Å². The number of hydrogen-bond acceptors (Lipinski definition) is 4. The predicted octanol–water partition coefficient (Wildman–Crippen LogP) is 2.25. The van der Waals surface area contributed by atoms with Crippen molar-refractivity contribution in [3.05, 3.63) is 17.7 Å². The van der Waals surface area contributed by atoms with Crippen molar-refractivity contribution in [2.24, 2.45) is 5.92 Å². The maximum Gasteiger partial charge on any atom is 0.227 e. The fourth-order valence-electron chi connectivity index (χ4n) is 1.85. The van der Waals surface area contributed by atoms with Crippen LogP contribution in [0.4, 0.5) is 5.69 Å². The van der Waals surface area contributed by atoms with E-state index in [2.05, 4.69) is 5.32 Å². The number of rotatable bonds is 5. The van der Waals surface area contributed by atoms with Crippen LogP contribution in [0, 0.1) is 5.92 Å². The van der Waals surface area contributed by atoms with Gasteiger partial charge in [0.1, 0.15) is 0 Å². The van der Waals surface area contributed by atoms with Crippen molar-refractivity contribution in [2.75, 3.05) is 19.5 Å². The van der Waals surface area contributed by atoms with Crippen molar-refractivity contribution < 1.29 is 19.1 Å². The number of Topliss-reactive ketones (excluding diaryl/α,β-unsaturated/α-hetero) is 1. The van der Waals surface area contributed by atoms with E-state index < -0.39 is 0 Å². The third-order valence-corrected chi connectivity index (χ3v) is 3.11. The number of ketones is 1. The van der Waals surface area contributed by atoms with Crippen LogP contribution in [0.15, 0.2) is 12.1 Å². The van der Waals surface area contributed by atoms with Crippen LogP contribution in [0.1, 0.15) is 30.1 Å². The van der Waals surface area contributed by atoms with Gasteiger partial charge in [-0.25, -0.2) is 0 Å². The van der Waals surface area contributed by atoms with Crippen molar-refractivity contribution in [3.8, 4) is 11.5 Å². The monoisotopic (exact) mass is 263 g/mol. The maximum absolute atomic E-state index is 11.8. The zero-order valence-corrected chi connectivity index (χ0v) is 11.3. The lowest BCUT2D eigenvalue weighted by Crippen LogP contribution is -2.16. The summed E-state index contributed by atoms with van der Waals surface area (Å²) in [6.45, 7) is 1.45. The molecule has 5 nitrogen and oxygen atoms in total. The van der Waals surface area contributed by atoms with Gasteiger partial charge in [0.15, 0.2) is 17.3 Å². The van der Waals surface area contributed by atoms with E-state index in [9.17, 15) is 9.59 Å². The lowest BCUT2D eigenvalue weighted by Gasteiger charge is -2.14. The molecule has 0 radical (unpaired) electrons. The summed E-state index contributed by atoms with van der Waals surface area (Å²) >= 11 is 0. The summed E-state index contributed by atoms with van der Waals surface area (Å²) in [6, 6.07) is 3.21. The molecule has 5 heteroatoms. The molecule has 0 aliphatic heterocycles. The number of anilines is 1. The third kappa shape index (κ3) is 2.86. The number of methoxy groups -OCH3 is 2. The Hall–Kier alpha value is -2.04. The predicted molar refractivity (Wildman–Crippen MR) is 70.9 cm³/mol. The molecule has 0 bridgehead atoms. The largest absolute Gasteiger partial charge is 0.493 e. The lowest BCUT2D eigenvalue weighted by atomic mass is 10.1. The molecular weight excluding hydrogens is 246 g/mol. The molecule has 19 heavy (non-hydrogen) atoms. The van der Waals surface area contributed by atoms with E-state index in [0.29, 0.717) is 22.7 Å². The number of nitrogens with one attached hydrogen (secondary N) is 1. The fourth-order valence-corrected chi connectivity index (χ4v) is 1.85. The average molecular weight is 263 g/mol. The molecule has 0 unspecified atom stereocenters. The van der Waals surface area contributed by atoms with E-state index >= 15 is 0 Å². The average Bonchev–Trinajstić information content (AvgIpc) is 3.22. The van der Waals surface area contributed by atoms with E-state index in [4.69, 9.17) is 9.47 Å². The summed E-state index contributed by atoms with van der Waals surface area (Å²) < 4.78 is 10.3. The fraction of sp³-hybridized carbons (Fsp3) is 0.429. The first-order valence-electron chi connectivity index (χ1n) is 6.14. The van der Waals surface area contributed by atoms with Crippen molar-refractivity contribution in [1.82, 2.24) is 0 Å². The van der Waals surface area contributed by atoms with Gasteiger partial charge in [-0.15, -0.1) is 0 Å². The molecule has 1 fully saturated rings. The van der Waals surface area contributed by atoms with Crippen LogP contribution in [-0.2, 0) is 4.79 Å². The minimum Gasteiger partial charge on any atom is -0.493 e. The molecule has 0 saturated heterocycles. The Balaban J connectivity index is 2.37. The highest BCUT2D eigenvalue weighted by atomic mass is 16.5. The first-order valence-corrected chi connectivity index (χ1v) is 6.14. The van der Waals surface area contributed by atoms with Crippen LogP contribution in [0.25, 0.3) is 0 Å². The molecule has 0 spiro atoms. The van der Waals surface area contributed by atoms with Gasteiger partial charge >= 0.3 is 0 Å². The lowest BCUT2D eigenvalue weighted by molar-refractivity contribution is -0.117. The second-order valence-electron chi connectivity index (χ2n) is 4.57. The van der Waals surface area contributed by atoms with Crippen LogP contribution >= 0.6 is 0 Å². The van der Waals surface area contributed by atoms with Gasteiger partial charge in [-0.2, -0.15) is 0 Å². The summed E-state index contributed by atoms with van der Waals surface area (Å²) in [6.07, 6.45) is 1.82. The van der Waals surface area contributed by atoms with Gasteiger partial charge in [-0.05, 0) is 25.8 Å². The molecule has 0 aromatic heterocycles. The summed E-state index contributed by atoms with van der Waals surface area (Å²) in [7, 11) is 3.02.